The molecule has 0 radical (unpaired) electrons. The van der Waals surface area contributed by atoms with E-state index in [0.29, 0.717) is 30.4 Å². The van der Waals surface area contributed by atoms with Gasteiger partial charge >= 0.3 is 6.18 Å². The number of fused-ring (bicyclic) bond motifs is 1. The topological polar surface area (TPSA) is 67.7 Å². The number of hydrogen-bond acceptors (Lipinski definition) is 5. The molecule has 0 spiro atoms. The summed E-state index contributed by atoms with van der Waals surface area (Å²) in [5.74, 6) is -4.05. The third-order valence-corrected chi connectivity index (χ3v) is 5.39. The molecule has 11 heteroatoms. The van der Waals surface area contributed by atoms with E-state index in [9.17, 15) is 22.0 Å². The van der Waals surface area contributed by atoms with Crippen LogP contribution >= 0.6 is 0 Å². The van der Waals surface area contributed by atoms with Crippen LogP contribution < -0.4 is 10.6 Å². The minimum absolute atomic E-state index is 0.0178. The average molecular weight is 388 g/mol. The standard InChI is InChI=1S/C16H17F5N6/c1-7-12(6-24-27(7)8-3-9-10(4-8)15(9,17)18)25-14-23-5-11(16(19,20)21)13(22-2)26-14/h5-6,8-10H,3-4H2,1-2H3,(H2,22,23,25,26). The van der Waals surface area contributed by atoms with Crippen molar-refractivity contribution >= 4 is 17.5 Å². The van der Waals surface area contributed by atoms with Gasteiger partial charge in [-0.1, -0.05) is 0 Å². The Morgan fingerprint density at radius 3 is 2.44 bits per heavy atom. The third kappa shape index (κ3) is 2.88. The molecule has 2 unspecified atom stereocenters. The normalized spacial score (nSPS) is 26.0. The molecule has 6 nitrogen and oxygen atoms in total. The largest absolute Gasteiger partial charge is 0.421 e. The van der Waals surface area contributed by atoms with E-state index in [1.807, 2.05) is 0 Å². The SMILES string of the molecule is CNc1nc(Nc2cnn(C3CC4C(C3)C4(F)F)c2C)ncc1C(F)(F)F. The average Bonchev–Trinajstić information content (AvgIpc) is 2.99. The number of hydrogen-bond donors (Lipinski definition) is 2. The number of anilines is 3. The van der Waals surface area contributed by atoms with Crippen molar-refractivity contribution in [3.05, 3.63) is 23.7 Å². The van der Waals surface area contributed by atoms with E-state index >= 15 is 0 Å². The van der Waals surface area contributed by atoms with Crippen molar-refractivity contribution in [1.82, 2.24) is 19.7 Å². The fourth-order valence-corrected chi connectivity index (χ4v) is 3.86. The molecular formula is C16H17F5N6. The Balaban J connectivity index is 1.52. The highest BCUT2D eigenvalue weighted by Crippen LogP contribution is 2.66. The van der Waals surface area contributed by atoms with Crippen LogP contribution in [0.4, 0.5) is 39.4 Å². The molecule has 2 aromatic rings. The molecule has 2 aromatic heterocycles. The molecule has 2 aliphatic carbocycles. The molecule has 2 N–H and O–H groups in total. The summed E-state index contributed by atoms with van der Waals surface area (Å²) in [6, 6.07) is -0.100. The van der Waals surface area contributed by atoms with Crippen LogP contribution in [-0.4, -0.2) is 32.7 Å². The number of nitrogens with one attached hydrogen (secondary N) is 2. The molecule has 0 saturated heterocycles. The van der Waals surface area contributed by atoms with E-state index in [1.165, 1.54) is 13.2 Å². The first kappa shape index (κ1) is 17.9. The lowest BCUT2D eigenvalue weighted by Gasteiger charge is -2.17. The van der Waals surface area contributed by atoms with Crippen LogP contribution in [0.5, 0.6) is 0 Å². The summed E-state index contributed by atoms with van der Waals surface area (Å²) in [7, 11) is 1.34. The Bertz CT molecular complexity index is 863. The maximum absolute atomic E-state index is 13.4. The van der Waals surface area contributed by atoms with E-state index in [-0.39, 0.29) is 17.8 Å². The molecule has 0 bridgehead atoms. The summed E-state index contributed by atoms with van der Waals surface area (Å²) in [5, 5.41) is 9.51. The van der Waals surface area contributed by atoms with Crippen molar-refractivity contribution in [3.8, 4) is 0 Å². The monoisotopic (exact) mass is 388 g/mol. The Labute approximate surface area is 151 Å². The zero-order chi connectivity index (χ0) is 19.6. The molecule has 2 aliphatic rings. The van der Waals surface area contributed by atoms with Gasteiger partial charge in [-0.25, -0.2) is 13.8 Å². The van der Waals surface area contributed by atoms with E-state index in [2.05, 4.69) is 25.7 Å². The Kier molecular flexibility index (Phi) is 3.83. The number of halogens is 5. The Morgan fingerprint density at radius 2 is 1.85 bits per heavy atom. The van der Waals surface area contributed by atoms with Gasteiger partial charge in [-0.3, -0.25) is 4.68 Å². The lowest BCUT2D eigenvalue weighted by molar-refractivity contribution is -0.137. The van der Waals surface area contributed by atoms with Gasteiger partial charge in [0.25, 0.3) is 5.92 Å². The van der Waals surface area contributed by atoms with Crippen molar-refractivity contribution in [1.29, 1.82) is 0 Å². The van der Waals surface area contributed by atoms with Gasteiger partial charge < -0.3 is 10.6 Å². The zero-order valence-corrected chi connectivity index (χ0v) is 14.5. The molecule has 146 valence electrons. The molecule has 2 heterocycles. The summed E-state index contributed by atoms with van der Waals surface area (Å²) in [4.78, 5) is 7.57. The molecule has 2 saturated carbocycles. The van der Waals surface area contributed by atoms with Gasteiger partial charge in [0.05, 0.1) is 23.6 Å². The second-order valence-electron chi connectivity index (χ2n) is 6.93. The molecule has 0 amide bonds. The molecular weight excluding hydrogens is 371 g/mol. The minimum atomic E-state index is -4.57. The van der Waals surface area contributed by atoms with Crippen LogP contribution in [0.1, 0.15) is 30.1 Å². The number of rotatable bonds is 4. The minimum Gasteiger partial charge on any atom is -0.372 e. The smallest absolute Gasteiger partial charge is 0.372 e. The van der Waals surface area contributed by atoms with Crippen LogP contribution in [0.3, 0.4) is 0 Å². The Morgan fingerprint density at radius 1 is 1.19 bits per heavy atom. The van der Waals surface area contributed by atoms with Gasteiger partial charge in [-0.05, 0) is 19.8 Å². The van der Waals surface area contributed by atoms with E-state index in [1.54, 1.807) is 11.6 Å². The van der Waals surface area contributed by atoms with Crippen LogP contribution in [0, 0.1) is 18.8 Å². The molecule has 27 heavy (non-hydrogen) atoms. The quantitative estimate of drug-likeness (QED) is 0.775. The van der Waals surface area contributed by atoms with Gasteiger partial charge in [0.2, 0.25) is 5.95 Å². The first-order valence-electron chi connectivity index (χ1n) is 8.43. The molecule has 2 fully saturated rings. The van der Waals surface area contributed by atoms with Gasteiger partial charge in [-0.2, -0.15) is 23.3 Å². The van der Waals surface area contributed by atoms with Crippen LogP contribution in [0.2, 0.25) is 0 Å². The fourth-order valence-electron chi connectivity index (χ4n) is 3.86. The first-order chi connectivity index (χ1) is 12.6. The number of aromatic nitrogens is 4. The summed E-state index contributed by atoms with van der Waals surface area (Å²) in [6.07, 6.45) is -1.62. The second kappa shape index (κ2) is 5.77. The Hall–Kier alpha value is -2.46. The maximum atomic E-state index is 13.4. The van der Waals surface area contributed by atoms with Gasteiger partial charge in [0, 0.05) is 25.1 Å². The van der Waals surface area contributed by atoms with Crippen LogP contribution in [-0.2, 0) is 6.18 Å². The number of alkyl halides is 5. The molecule has 4 rings (SSSR count). The first-order valence-corrected chi connectivity index (χ1v) is 8.43. The summed E-state index contributed by atoms with van der Waals surface area (Å²) >= 11 is 0. The summed E-state index contributed by atoms with van der Waals surface area (Å²) in [5.41, 5.74) is 0.248. The zero-order valence-electron chi connectivity index (χ0n) is 14.5. The van der Waals surface area contributed by atoms with Crippen molar-refractivity contribution < 1.29 is 22.0 Å². The fraction of sp³-hybridized carbons (Fsp3) is 0.562. The van der Waals surface area contributed by atoms with Crippen molar-refractivity contribution in [2.45, 2.75) is 37.9 Å². The van der Waals surface area contributed by atoms with Gasteiger partial charge in [-0.15, -0.1) is 0 Å². The van der Waals surface area contributed by atoms with Crippen LogP contribution in [0.25, 0.3) is 0 Å². The maximum Gasteiger partial charge on any atom is 0.421 e. The summed E-state index contributed by atoms with van der Waals surface area (Å²) < 4.78 is 67.2. The molecule has 0 aromatic carbocycles. The van der Waals surface area contributed by atoms with Crippen molar-refractivity contribution in [2.24, 2.45) is 11.8 Å². The molecule has 2 atom stereocenters. The predicted molar refractivity (Wildman–Crippen MR) is 87.0 cm³/mol. The number of nitrogens with zero attached hydrogens (tertiary/aromatic N) is 4. The highest BCUT2D eigenvalue weighted by atomic mass is 19.4. The third-order valence-electron chi connectivity index (χ3n) is 5.39. The van der Waals surface area contributed by atoms with Crippen molar-refractivity contribution in [2.75, 3.05) is 17.7 Å². The van der Waals surface area contributed by atoms with Crippen molar-refractivity contribution in [3.63, 3.8) is 0 Å². The second-order valence-corrected chi connectivity index (χ2v) is 6.93. The van der Waals surface area contributed by atoms with E-state index < -0.39 is 29.5 Å². The van der Waals surface area contributed by atoms with Crippen LogP contribution in [0.15, 0.2) is 12.4 Å². The summed E-state index contributed by atoms with van der Waals surface area (Å²) in [6.45, 7) is 1.76. The highest BCUT2D eigenvalue weighted by molar-refractivity contribution is 5.58. The predicted octanol–water partition coefficient (Wildman–Crippen LogP) is 4.00. The van der Waals surface area contributed by atoms with E-state index in [0.717, 1.165) is 0 Å². The lowest BCUT2D eigenvalue weighted by Crippen LogP contribution is -2.15. The molecule has 0 aliphatic heterocycles. The van der Waals surface area contributed by atoms with Gasteiger partial charge in [0.15, 0.2) is 0 Å². The van der Waals surface area contributed by atoms with E-state index in [4.69, 9.17) is 0 Å². The van der Waals surface area contributed by atoms with Gasteiger partial charge in [0.1, 0.15) is 11.4 Å². The highest BCUT2D eigenvalue weighted by Gasteiger charge is 2.71. The lowest BCUT2D eigenvalue weighted by atomic mass is 10.1.